The van der Waals surface area contributed by atoms with Crippen molar-refractivity contribution in [3.05, 3.63) is 17.5 Å². The van der Waals surface area contributed by atoms with Gasteiger partial charge in [-0.3, -0.25) is 9.48 Å². The summed E-state index contributed by atoms with van der Waals surface area (Å²) < 4.78 is 1.81. The van der Waals surface area contributed by atoms with E-state index in [4.69, 9.17) is 0 Å². The summed E-state index contributed by atoms with van der Waals surface area (Å²) in [6.45, 7) is 5.56. The van der Waals surface area contributed by atoms with E-state index in [-0.39, 0.29) is 5.91 Å². The smallest absolute Gasteiger partial charge is 0.240 e. The molecule has 1 unspecified atom stereocenters. The first-order chi connectivity index (χ1) is 9.05. The Kier molecular flexibility index (Phi) is 4.24. The van der Waals surface area contributed by atoms with Gasteiger partial charge in [-0.25, -0.2) is 0 Å². The Hall–Kier alpha value is -1.36. The zero-order valence-corrected chi connectivity index (χ0v) is 12.1. The zero-order valence-electron chi connectivity index (χ0n) is 12.1. The van der Waals surface area contributed by atoms with Crippen LogP contribution in [-0.2, 0) is 24.8 Å². The molecule has 5 heteroatoms. The van der Waals surface area contributed by atoms with Gasteiger partial charge in [-0.05, 0) is 39.2 Å². The van der Waals surface area contributed by atoms with Crippen molar-refractivity contribution < 1.29 is 4.79 Å². The first kappa shape index (κ1) is 14.1. The number of hydrogen-bond donors (Lipinski definition) is 2. The molecule has 2 rings (SSSR count). The fraction of sp³-hybridized carbons (Fsp3) is 0.714. The normalized spacial score (nSPS) is 23.3. The molecule has 0 saturated carbocycles. The fourth-order valence-corrected chi connectivity index (χ4v) is 2.65. The van der Waals surface area contributed by atoms with Crippen molar-refractivity contribution in [2.75, 3.05) is 6.54 Å². The molecule has 1 aromatic rings. The maximum atomic E-state index is 12.3. The molecule has 0 aromatic carbocycles. The van der Waals surface area contributed by atoms with Crippen LogP contribution in [0.25, 0.3) is 0 Å². The van der Waals surface area contributed by atoms with Crippen molar-refractivity contribution >= 4 is 5.91 Å². The Bertz CT molecular complexity index is 446. The van der Waals surface area contributed by atoms with E-state index in [0.29, 0.717) is 6.54 Å². The third-order valence-corrected chi connectivity index (χ3v) is 3.89. The van der Waals surface area contributed by atoms with Gasteiger partial charge in [-0.2, -0.15) is 5.10 Å². The summed E-state index contributed by atoms with van der Waals surface area (Å²) in [7, 11) is 1.91. The monoisotopic (exact) mass is 264 g/mol. The average molecular weight is 264 g/mol. The molecule has 5 nitrogen and oxygen atoms in total. The van der Waals surface area contributed by atoms with E-state index in [0.717, 1.165) is 43.5 Å². The van der Waals surface area contributed by atoms with Crippen LogP contribution in [0.2, 0.25) is 0 Å². The number of aryl methyl sites for hydroxylation is 2. The number of amides is 1. The van der Waals surface area contributed by atoms with Crippen molar-refractivity contribution in [3.63, 3.8) is 0 Å². The highest BCUT2D eigenvalue weighted by Gasteiger charge is 2.33. The summed E-state index contributed by atoms with van der Waals surface area (Å²) in [6, 6.07) is 0. The maximum Gasteiger partial charge on any atom is 0.240 e. The standard InChI is InChI=1S/C14H24N4O/c1-4-12-11(10-18(3)17-12)9-15-13(19)14(2)7-5-6-8-16-14/h10,16H,4-9H2,1-3H3,(H,15,19). The molecule has 1 atom stereocenters. The highest BCUT2D eigenvalue weighted by Crippen LogP contribution is 2.19. The summed E-state index contributed by atoms with van der Waals surface area (Å²) in [4.78, 5) is 12.3. The predicted octanol–water partition coefficient (Wildman–Crippen LogP) is 1.13. The van der Waals surface area contributed by atoms with Gasteiger partial charge in [0.15, 0.2) is 0 Å². The van der Waals surface area contributed by atoms with E-state index in [1.165, 1.54) is 0 Å². The van der Waals surface area contributed by atoms with Crippen molar-refractivity contribution in [2.45, 2.75) is 51.6 Å². The molecule has 2 heterocycles. The van der Waals surface area contributed by atoms with Crippen molar-refractivity contribution in [2.24, 2.45) is 7.05 Å². The van der Waals surface area contributed by atoms with Gasteiger partial charge in [-0.1, -0.05) is 6.92 Å². The molecule has 0 bridgehead atoms. The lowest BCUT2D eigenvalue weighted by Gasteiger charge is -2.33. The van der Waals surface area contributed by atoms with Crippen molar-refractivity contribution in [1.82, 2.24) is 20.4 Å². The van der Waals surface area contributed by atoms with E-state index in [1.807, 2.05) is 20.2 Å². The molecule has 106 valence electrons. The molecule has 0 radical (unpaired) electrons. The number of piperidine rings is 1. The number of rotatable bonds is 4. The topological polar surface area (TPSA) is 59.0 Å². The third kappa shape index (κ3) is 3.15. The van der Waals surface area contributed by atoms with Gasteiger partial charge in [-0.15, -0.1) is 0 Å². The minimum atomic E-state index is -0.410. The number of nitrogens with one attached hydrogen (secondary N) is 2. The Morgan fingerprint density at radius 1 is 1.58 bits per heavy atom. The maximum absolute atomic E-state index is 12.3. The van der Waals surface area contributed by atoms with Crippen LogP contribution in [0.1, 0.15) is 44.4 Å². The Balaban J connectivity index is 1.96. The molecule has 1 aliphatic rings. The molecule has 1 saturated heterocycles. The van der Waals surface area contributed by atoms with Gasteiger partial charge in [0.1, 0.15) is 0 Å². The Morgan fingerprint density at radius 2 is 2.37 bits per heavy atom. The second kappa shape index (κ2) is 5.74. The van der Waals surface area contributed by atoms with Gasteiger partial charge >= 0.3 is 0 Å². The molecule has 2 N–H and O–H groups in total. The quantitative estimate of drug-likeness (QED) is 0.857. The van der Waals surface area contributed by atoms with Gasteiger partial charge in [0.2, 0.25) is 5.91 Å². The molecule has 0 spiro atoms. The van der Waals surface area contributed by atoms with Crippen molar-refractivity contribution in [1.29, 1.82) is 0 Å². The minimum absolute atomic E-state index is 0.0955. The predicted molar refractivity (Wildman–Crippen MR) is 74.7 cm³/mol. The molecular formula is C14H24N4O. The number of carbonyl (C=O) groups is 1. The summed E-state index contributed by atoms with van der Waals surface area (Å²) >= 11 is 0. The summed E-state index contributed by atoms with van der Waals surface area (Å²) in [5.74, 6) is 0.0955. The van der Waals surface area contributed by atoms with Crippen LogP contribution in [-0.4, -0.2) is 27.8 Å². The van der Waals surface area contributed by atoms with E-state index < -0.39 is 5.54 Å². The molecule has 1 aromatic heterocycles. The molecule has 1 amide bonds. The van der Waals surface area contributed by atoms with Crippen molar-refractivity contribution in [3.8, 4) is 0 Å². The van der Waals surface area contributed by atoms with Gasteiger partial charge in [0.05, 0.1) is 11.2 Å². The molecule has 1 fully saturated rings. The minimum Gasteiger partial charge on any atom is -0.350 e. The Labute approximate surface area is 114 Å². The summed E-state index contributed by atoms with van der Waals surface area (Å²) in [6.07, 6.45) is 6.05. The number of nitrogens with zero attached hydrogens (tertiary/aromatic N) is 2. The molecule has 19 heavy (non-hydrogen) atoms. The average Bonchev–Trinajstić information content (AvgIpc) is 2.77. The van der Waals surface area contributed by atoms with Crippen LogP contribution in [0, 0.1) is 0 Å². The van der Waals surface area contributed by atoms with Crippen LogP contribution in [0.3, 0.4) is 0 Å². The third-order valence-electron chi connectivity index (χ3n) is 3.89. The lowest BCUT2D eigenvalue weighted by atomic mass is 9.90. The fourth-order valence-electron chi connectivity index (χ4n) is 2.65. The van der Waals surface area contributed by atoms with E-state index in [1.54, 1.807) is 4.68 Å². The Morgan fingerprint density at radius 3 is 3.00 bits per heavy atom. The van der Waals surface area contributed by atoms with E-state index in [9.17, 15) is 4.79 Å². The summed E-state index contributed by atoms with van der Waals surface area (Å²) in [5.41, 5.74) is 1.76. The molecular weight excluding hydrogens is 240 g/mol. The second-order valence-corrected chi connectivity index (χ2v) is 5.53. The largest absolute Gasteiger partial charge is 0.350 e. The lowest BCUT2D eigenvalue weighted by molar-refractivity contribution is -0.128. The van der Waals surface area contributed by atoms with Gasteiger partial charge in [0, 0.05) is 25.4 Å². The van der Waals surface area contributed by atoms with Crippen LogP contribution < -0.4 is 10.6 Å². The number of aromatic nitrogens is 2. The van der Waals surface area contributed by atoms with Gasteiger partial charge < -0.3 is 10.6 Å². The van der Waals surface area contributed by atoms with E-state index >= 15 is 0 Å². The van der Waals surface area contributed by atoms with Crippen LogP contribution >= 0.6 is 0 Å². The number of hydrogen-bond acceptors (Lipinski definition) is 3. The second-order valence-electron chi connectivity index (χ2n) is 5.53. The first-order valence-corrected chi connectivity index (χ1v) is 7.10. The lowest BCUT2D eigenvalue weighted by Crippen LogP contribution is -2.56. The molecule has 0 aliphatic carbocycles. The summed E-state index contributed by atoms with van der Waals surface area (Å²) in [5, 5.41) is 10.8. The van der Waals surface area contributed by atoms with E-state index in [2.05, 4.69) is 22.7 Å². The molecule has 1 aliphatic heterocycles. The highest BCUT2D eigenvalue weighted by atomic mass is 16.2. The van der Waals surface area contributed by atoms with Crippen LogP contribution in [0.5, 0.6) is 0 Å². The SMILES string of the molecule is CCc1nn(C)cc1CNC(=O)C1(C)CCCCN1. The highest BCUT2D eigenvalue weighted by molar-refractivity contribution is 5.85. The van der Waals surface area contributed by atoms with Crippen LogP contribution in [0.15, 0.2) is 6.20 Å². The zero-order chi connectivity index (χ0) is 13.9. The van der Waals surface area contributed by atoms with Gasteiger partial charge in [0.25, 0.3) is 0 Å². The first-order valence-electron chi connectivity index (χ1n) is 7.10. The number of carbonyl (C=O) groups excluding carboxylic acids is 1. The van der Waals surface area contributed by atoms with Crippen LogP contribution in [0.4, 0.5) is 0 Å².